The monoisotopic (exact) mass is 338 g/mol. The number of amides is 1. The summed E-state index contributed by atoms with van der Waals surface area (Å²) in [6.45, 7) is 1.61. The van der Waals surface area contributed by atoms with Crippen LogP contribution in [0.2, 0.25) is 0 Å². The van der Waals surface area contributed by atoms with Crippen LogP contribution in [-0.2, 0) is 6.18 Å². The van der Waals surface area contributed by atoms with E-state index in [9.17, 15) is 18.0 Å². The minimum absolute atomic E-state index is 0.135. The molecule has 0 atom stereocenters. The van der Waals surface area contributed by atoms with Gasteiger partial charge in [0, 0.05) is 18.7 Å². The van der Waals surface area contributed by atoms with E-state index in [1.165, 1.54) is 18.2 Å². The van der Waals surface area contributed by atoms with Crippen LogP contribution >= 0.6 is 0 Å². The zero-order valence-electron chi connectivity index (χ0n) is 12.9. The van der Waals surface area contributed by atoms with Gasteiger partial charge >= 0.3 is 12.1 Å². The average Bonchev–Trinajstić information content (AvgIpc) is 3.05. The van der Waals surface area contributed by atoms with E-state index in [1.807, 2.05) is 5.01 Å². The first-order chi connectivity index (χ1) is 11.4. The highest BCUT2D eigenvalue weighted by Crippen LogP contribution is 2.31. The smallest absolute Gasteiger partial charge is 0.416 e. The van der Waals surface area contributed by atoms with Gasteiger partial charge in [-0.05, 0) is 37.1 Å². The SMILES string of the molecule is O=C(NN1CCCCC1)c1ccc(-c2ccc(C(F)(F)F)cc2)o1. The average molecular weight is 338 g/mol. The first-order valence-corrected chi connectivity index (χ1v) is 7.77. The molecule has 0 radical (unpaired) electrons. The second-order valence-corrected chi connectivity index (χ2v) is 5.73. The van der Waals surface area contributed by atoms with Crippen molar-refractivity contribution in [3.05, 3.63) is 47.7 Å². The van der Waals surface area contributed by atoms with Gasteiger partial charge in [0.1, 0.15) is 5.76 Å². The maximum atomic E-state index is 12.6. The van der Waals surface area contributed by atoms with Crippen molar-refractivity contribution in [3.63, 3.8) is 0 Å². The molecule has 4 nitrogen and oxygen atoms in total. The lowest BCUT2D eigenvalue weighted by atomic mass is 10.1. The maximum Gasteiger partial charge on any atom is 0.416 e. The van der Waals surface area contributed by atoms with Crippen LogP contribution < -0.4 is 5.43 Å². The van der Waals surface area contributed by atoms with Gasteiger partial charge in [0.25, 0.3) is 0 Å². The summed E-state index contributed by atoms with van der Waals surface area (Å²) in [4.78, 5) is 12.1. The van der Waals surface area contributed by atoms with Crippen molar-refractivity contribution >= 4 is 5.91 Å². The van der Waals surface area contributed by atoms with Gasteiger partial charge in [-0.2, -0.15) is 13.2 Å². The Morgan fingerprint density at radius 3 is 2.29 bits per heavy atom. The Morgan fingerprint density at radius 1 is 1.00 bits per heavy atom. The molecule has 1 N–H and O–H groups in total. The molecule has 0 bridgehead atoms. The van der Waals surface area contributed by atoms with Gasteiger partial charge in [0.15, 0.2) is 5.76 Å². The Balaban J connectivity index is 1.69. The third-order valence-corrected chi connectivity index (χ3v) is 3.94. The van der Waals surface area contributed by atoms with Crippen molar-refractivity contribution in [1.29, 1.82) is 0 Å². The number of piperidine rings is 1. The molecule has 0 spiro atoms. The normalized spacial score (nSPS) is 16.1. The molecule has 1 amide bonds. The van der Waals surface area contributed by atoms with E-state index >= 15 is 0 Å². The standard InChI is InChI=1S/C17H17F3N2O2/c18-17(19,20)13-6-4-12(5-7-13)14-8-9-15(24-14)16(23)21-22-10-2-1-3-11-22/h4-9H,1-3,10-11H2,(H,21,23). The van der Waals surface area contributed by atoms with Crippen molar-refractivity contribution < 1.29 is 22.4 Å². The lowest BCUT2D eigenvalue weighted by Crippen LogP contribution is -2.44. The summed E-state index contributed by atoms with van der Waals surface area (Å²) in [6, 6.07) is 7.73. The fourth-order valence-electron chi connectivity index (χ4n) is 2.64. The first-order valence-electron chi connectivity index (χ1n) is 7.77. The number of carbonyl (C=O) groups excluding carboxylic acids is 1. The first kappa shape index (κ1) is 16.6. The zero-order chi connectivity index (χ0) is 17.2. The van der Waals surface area contributed by atoms with E-state index < -0.39 is 11.7 Å². The number of halogens is 3. The lowest BCUT2D eigenvalue weighted by molar-refractivity contribution is -0.137. The highest BCUT2D eigenvalue weighted by atomic mass is 19.4. The molecule has 1 aliphatic rings. The summed E-state index contributed by atoms with van der Waals surface area (Å²) in [5.41, 5.74) is 2.55. The molecule has 0 saturated carbocycles. The molecule has 2 aromatic rings. The highest BCUT2D eigenvalue weighted by Gasteiger charge is 2.30. The molecular weight excluding hydrogens is 321 g/mol. The van der Waals surface area contributed by atoms with E-state index in [1.54, 1.807) is 6.07 Å². The molecule has 1 aromatic carbocycles. The summed E-state index contributed by atoms with van der Waals surface area (Å²) in [6.07, 6.45) is -1.14. The van der Waals surface area contributed by atoms with E-state index in [0.717, 1.165) is 44.5 Å². The number of carbonyl (C=O) groups is 1. The molecular formula is C17H17F3N2O2. The largest absolute Gasteiger partial charge is 0.451 e. The predicted molar refractivity (Wildman–Crippen MR) is 82.0 cm³/mol. The van der Waals surface area contributed by atoms with Crippen LogP contribution in [0.1, 0.15) is 35.4 Å². The molecule has 1 fully saturated rings. The quantitative estimate of drug-likeness (QED) is 0.917. The number of furan rings is 1. The predicted octanol–water partition coefficient (Wildman–Crippen LogP) is 4.10. The van der Waals surface area contributed by atoms with Crippen molar-refractivity contribution in [2.45, 2.75) is 25.4 Å². The molecule has 0 aliphatic carbocycles. The molecule has 1 saturated heterocycles. The van der Waals surface area contributed by atoms with Crippen molar-refractivity contribution in [2.24, 2.45) is 0 Å². The van der Waals surface area contributed by atoms with E-state index in [4.69, 9.17) is 4.42 Å². The summed E-state index contributed by atoms with van der Waals surface area (Å²) in [5, 5.41) is 1.85. The topological polar surface area (TPSA) is 45.5 Å². The third-order valence-electron chi connectivity index (χ3n) is 3.94. The molecule has 2 heterocycles. The number of rotatable bonds is 3. The summed E-state index contributed by atoms with van der Waals surface area (Å²) < 4.78 is 43.2. The van der Waals surface area contributed by atoms with Crippen molar-refractivity contribution in [2.75, 3.05) is 13.1 Å². The number of hydrogen-bond donors (Lipinski definition) is 1. The minimum Gasteiger partial charge on any atom is -0.451 e. The van der Waals surface area contributed by atoms with Crippen LogP contribution in [0.15, 0.2) is 40.8 Å². The van der Waals surface area contributed by atoms with E-state index in [2.05, 4.69) is 5.43 Å². The summed E-state index contributed by atoms with van der Waals surface area (Å²) >= 11 is 0. The number of nitrogens with one attached hydrogen (secondary N) is 1. The number of benzene rings is 1. The van der Waals surface area contributed by atoms with Crippen LogP contribution in [0, 0.1) is 0 Å². The molecule has 1 aliphatic heterocycles. The van der Waals surface area contributed by atoms with Crippen LogP contribution in [0.25, 0.3) is 11.3 Å². The number of hydrogen-bond acceptors (Lipinski definition) is 3. The van der Waals surface area contributed by atoms with Crippen LogP contribution in [-0.4, -0.2) is 24.0 Å². The molecule has 0 unspecified atom stereocenters. The second kappa shape index (κ2) is 6.68. The van der Waals surface area contributed by atoms with Gasteiger partial charge in [0.05, 0.1) is 5.56 Å². The highest BCUT2D eigenvalue weighted by molar-refractivity contribution is 5.91. The van der Waals surface area contributed by atoms with Gasteiger partial charge in [-0.3, -0.25) is 10.2 Å². The van der Waals surface area contributed by atoms with Crippen molar-refractivity contribution in [1.82, 2.24) is 10.4 Å². The molecule has 128 valence electrons. The van der Waals surface area contributed by atoms with Crippen LogP contribution in [0.3, 0.4) is 0 Å². The zero-order valence-corrected chi connectivity index (χ0v) is 12.9. The number of nitrogens with zero attached hydrogens (tertiary/aromatic N) is 1. The number of alkyl halides is 3. The van der Waals surface area contributed by atoms with Gasteiger partial charge in [0.2, 0.25) is 0 Å². The van der Waals surface area contributed by atoms with Crippen LogP contribution in [0.4, 0.5) is 13.2 Å². The fourth-order valence-corrected chi connectivity index (χ4v) is 2.64. The lowest BCUT2D eigenvalue weighted by Gasteiger charge is -2.26. The fraction of sp³-hybridized carbons (Fsp3) is 0.353. The minimum atomic E-state index is -4.37. The van der Waals surface area contributed by atoms with Gasteiger partial charge in [-0.1, -0.05) is 18.6 Å². The molecule has 24 heavy (non-hydrogen) atoms. The van der Waals surface area contributed by atoms with Gasteiger partial charge < -0.3 is 4.42 Å². The van der Waals surface area contributed by atoms with Crippen LogP contribution in [0.5, 0.6) is 0 Å². The van der Waals surface area contributed by atoms with Gasteiger partial charge in [-0.25, -0.2) is 5.01 Å². The third kappa shape index (κ3) is 3.79. The summed E-state index contributed by atoms with van der Waals surface area (Å²) in [7, 11) is 0. The molecule has 7 heteroatoms. The Labute approximate surface area is 137 Å². The van der Waals surface area contributed by atoms with E-state index in [0.29, 0.717) is 11.3 Å². The maximum absolute atomic E-state index is 12.6. The Bertz CT molecular complexity index is 701. The summed E-state index contributed by atoms with van der Waals surface area (Å²) in [5.74, 6) is 0.137. The Hall–Kier alpha value is -2.28. The Kier molecular flexibility index (Phi) is 4.62. The molecule has 3 rings (SSSR count). The van der Waals surface area contributed by atoms with E-state index in [-0.39, 0.29) is 11.7 Å². The Morgan fingerprint density at radius 2 is 1.67 bits per heavy atom. The van der Waals surface area contributed by atoms with Crippen molar-refractivity contribution in [3.8, 4) is 11.3 Å². The number of hydrazine groups is 1. The second-order valence-electron chi connectivity index (χ2n) is 5.73. The van der Waals surface area contributed by atoms with Gasteiger partial charge in [-0.15, -0.1) is 0 Å². The molecule has 1 aromatic heterocycles.